The van der Waals surface area contributed by atoms with E-state index in [0.29, 0.717) is 25.0 Å². The zero-order valence-corrected chi connectivity index (χ0v) is 21.1. The topological polar surface area (TPSA) is 115 Å². The second-order valence-corrected chi connectivity index (χ2v) is 10.7. The van der Waals surface area contributed by atoms with Crippen LogP contribution in [0.5, 0.6) is 0 Å². The molecule has 32 heavy (non-hydrogen) atoms. The Labute approximate surface area is 197 Å². The van der Waals surface area contributed by atoms with Crippen LogP contribution in [0.15, 0.2) is 11.8 Å². The Balaban J connectivity index is 1.82. The van der Waals surface area contributed by atoms with E-state index >= 15 is 0 Å². The van der Waals surface area contributed by atoms with E-state index in [-0.39, 0.29) is 18.2 Å². The third kappa shape index (κ3) is 8.67. The summed E-state index contributed by atoms with van der Waals surface area (Å²) in [6, 6.07) is 0.774. The Kier molecular flexibility index (Phi) is 10.5. The summed E-state index contributed by atoms with van der Waals surface area (Å²) in [5.74, 6) is -0.877. The van der Waals surface area contributed by atoms with Gasteiger partial charge in [0, 0.05) is 35.9 Å². The van der Waals surface area contributed by atoms with Gasteiger partial charge in [-0.05, 0) is 65.0 Å². The highest BCUT2D eigenvalue weighted by Gasteiger charge is 2.33. The minimum atomic E-state index is -0.861. The number of hydrogen-bond donors (Lipinski definition) is 4. The Morgan fingerprint density at radius 3 is 2.34 bits per heavy atom. The summed E-state index contributed by atoms with van der Waals surface area (Å²) in [5.41, 5.74) is 5.13. The average Bonchev–Trinajstić information content (AvgIpc) is 2.74. The fourth-order valence-corrected chi connectivity index (χ4v) is 4.54. The van der Waals surface area contributed by atoms with Gasteiger partial charge >= 0.3 is 0 Å². The summed E-state index contributed by atoms with van der Waals surface area (Å²) in [6.45, 7) is 8.46. The molecule has 0 bridgehead atoms. The van der Waals surface area contributed by atoms with E-state index in [0.717, 1.165) is 44.9 Å². The lowest BCUT2D eigenvalue weighted by atomic mass is 9.89. The van der Waals surface area contributed by atoms with Gasteiger partial charge in [-0.3, -0.25) is 19.6 Å². The molecule has 1 atom stereocenters. The van der Waals surface area contributed by atoms with E-state index in [4.69, 9.17) is 15.2 Å². The predicted molar refractivity (Wildman–Crippen MR) is 129 cm³/mol. The molecule has 2 rings (SSSR count). The number of ether oxygens (including phenoxy) is 2. The van der Waals surface area contributed by atoms with E-state index in [1.54, 1.807) is 25.8 Å². The molecule has 1 heterocycles. The maximum atomic E-state index is 12.8. The number of nitrogens with one attached hydrogen (secondary N) is 3. The fourth-order valence-electron chi connectivity index (χ4n) is 3.97. The molecule has 1 saturated heterocycles. The molecule has 2 aliphatic rings. The predicted octanol–water partition coefficient (Wildman–Crippen LogP) is 2.59. The van der Waals surface area contributed by atoms with Crippen molar-refractivity contribution in [3.63, 3.8) is 0 Å². The van der Waals surface area contributed by atoms with E-state index < -0.39 is 16.9 Å². The lowest BCUT2D eigenvalue weighted by Gasteiger charge is -2.35. The summed E-state index contributed by atoms with van der Waals surface area (Å²) in [7, 11) is 0. The first kappa shape index (κ1) is 27.1. The molecule has 0 aromatic heterocycles. The largest absolute Gasteiger partial charge is 0.401 e. The molecule has 2 fully saturated rings. The highest BCUT2D eigenvalue weighted by molar-refractivity contribution is 7.96. The van der Waals surface area contributed by atoms with Crippen molar-refractivity contribution < 1.29 is 19.1 Å². The molecule has 1 aliphatic carbocycles. The van der Waals surface area contributed by atoms with Crippen molar-refractivity contribution in [2.45, 2.75) is 96.6 Å². The number of rotatable bonds is 10. The van der Waals surface area contributed by atoms with Gasteiger partial charge in [0.25, 0.3) is 5.91 Å². The summed E-state index contributed by atoms with van der Waals surface area (Å²) >= 11 is 1.65. The van der Waals surface area contributed by atoms with Crippen molar-refractivity contribution >= 4 is 23.8 Å². The van der Waals surface area contributed by atoms with Gasteiger partial charge in [0.2, 0.25) is 5.91 Å². The van der Waals surface area contributed by atoms with E-state index in [1.807, 2.05) is 20.1 Å². The van der Waals surface area contributed by atoms with Gasteiger partial charge in [0.1, 0.15) is 0 Å². The molecule has 0 radical (unpaired) electrons. The third-order valence-corrected chi connectivity index (χ3v) is 6.79. The maximum Gasteiger partial charge on any atom is 0.252 e. The minimum Gasteiger partial charge on any atom is -0.401 e. The van der Waals surface area contributed by atoms with Crippen LogP contribution in [0.4, 0.5) is 0 Å². The number of carbonyl (C=O) groups is 2. The van der Waals surface area contributed by atoms with Gasteiger partial charge < -0.3 is 20.5 Å². The van der Waals surface area contributed by atoms with Crippen molar-refractivity contribution in [3.8, 4) is 0 Å². The molecule has 1 unspecified atom stereocenters. The van der Waals surface area contributed by atoms with Crippen LogP contribution in [-0.4, -0.2) is 55.2 Å². The quantitative estimate of drug-likeness (QED) is 0.285. The molecule has 0 spiro atoms. The molecule has 9 heteroatoms. The summed E-state index contributed by atoms with van der Waals surface area (Å²) in [5, 5.41) is 5.89. The van der Waals surface area contributed by atoms with Crippen molar-refractivity contribution in [1.29, 1.82) is 0 Å². The van der Waals surface area contributed by atoms with Gasteiger partial charge in [0.05, 0.1) is 12.1 Å². The molecule has 1 saturated carbocycles. The van der Waals surface area contributed by atoms with Crippen LogP contribution in [-0.2, 0) is 19.1 Å². The Morgan fingerprint density at radius 1 is 1.09 bits per heavy atom. The first-order valence-electron chi connectivity index (χ1n) is 11.7. The van der Waals surface area contributed by atoms with Crippen LogP contribution in [0, 0.1) is 5.41 Å². The van der Waals surface area contributed by atoms with E-state index in [1.165, 1.54) is 6.08 Å². The highest BCUT2D eigenvalue weighted by atomic mass is 32.2. The van der Waals surface area contributed by atoms with Gasteiger partial charge in [0.15, 0.2) is 6.29 Å². The highest BCUT2D eigenvalue weighted by Crippen LogP contribution is 2.25. The van der Waals surface area contributed by atoms with Crippen LogP contribution in [0.25, 0.3) is 0 Å². The van der Waals surface area contributed by atoms with Crippen molar-refractivity contribution in [2.75, 3.05) is 19.5 Å². The van der Waals surface area contributed by atoms with Gasteiger partial charge in [-0.1, -0.05) is 25.8 Å². The molecular formula is C23H42N4O4S. The number of carbonyl (C=O) groups excluding carboxylic acids is 2. The molecule has 184 valence electrons. The lowest BCUT2D eigenvalue weighted by molar-refractivity contribution is -0.173. The van der Waals surface area contributed by atoms with Gasteiger partial charge in [-0.25, -0.2) is 0 Å². The van der Waals surface area contributed by atoms with Crippen LogP contribution >= 0.6 is 11.9 Å². The first-order chi connectivity index (χ1) is 15.0. The second-order valence-electron chi connectivity index (χ2n) is 10.0. The number of nitrogens with two attached hydrogens (primary N) is 1. The van der Waals surface area contributed by atoms with E-state index in [9.17, 15) is 9.59 Å². The minimum absolute atomic E-state index is 0.218. The normalized spacial score (nSPS) is 25.4. The first-order valence-corrected chi connectivity index (χ1v) is 12.9. The monoisotopic (exact) mass is 470 g/mol. The molecular weight excluding hydrogens is 428 g/mol. The van der Waals surface area contributed by atoms with Crippen LogP contribution in [0.2, 0.25) is 0 Å². The summed E-state index contributed by atoms with van der Waals surface area (Å²) in [6.07, 6.45) is 10.2. The molecule has 1 aliphatic heterocycles. The molecule has 0 aromatic carbocycles. The fraction of sp³-hybridized carbons (Fsp3) is 0.826. The van der Waals surface area contributed by atoms with Crippen molar-refractivity contribution in [2.24, 2.45) is 11.1 Å². The van der Waals surface area contributed by atoms with Crippen LogP contribution in [0.3, 0.4) is 0 Å². The Bertz CT molecular complexity index is 654. The lowest BCUT2D eigenvalue weighted by Crippen LogP contribution is -2.57. The maximum absolute atomic E-state index is 12.8. The molecule has 2 amide bonds. The third-order valence-electron chi connectivity index (χ3n) is 6.22. The number of amides is 2. The Morgan fingerprint density at radius 2 is 1.75 bits per heavy atom. The number of imide groups is 1. The summed E-state index contributed by atoms with van der Waals surface area (Å²) < 4.78 is 14.8. The molecule has 8 nitrogen and oxygen atoms in total. The van der Waals surface area contributed by atoms with E-state index in [2.05, 4.69) is 15.4 Å². The number of hydrogen-bond acceptors (Lipinski definition) is 8. The van der Waals surface area contributed by atoms with Crippen molar-refractivity contribution in [3.05, 3.63) is 11.8 Å². The van der Waals surface area contributed by atoms with Gasteiger partial charge in [-0.2, -0.15) is 0 Å². The molecule has 0 aromatic rings. The smallest absolute Gasteiger partial charge is 0.252 e. The SMILES string of the molecule is CSNC1CCC(NC(C)(C)C(=O)NC(=O)C=C(N)C(C)(C)COC2CCCCO2)CC1. The zero-order valence-electron chi connectivity index (χ0n) is 20.3. The standard InChI is InChI=1S/C23H42N4O4S/c1-22(2,15-31-20-8-6-7-13-30-20)18(24)14-19(28)25-21(29)23(3,4)26-16-9-11-17(12-10-16)27-32-5/h14,16-17,20,26-27H,6-13,15,24H2,1-5H3,(H,25,28,29). The molecule has 5 N–H and O–H groups in total. The summed E-state index contributed by atoms with van der Waals surface area (Å²) in [4.78, 5) is 25.2. The Hall–Kier alpha value is -1.13. The van der Waals surface area contributed by atoms with Crippen molar-refractivity contribution in [1.82, 2.24) is 15.4 Å². The second kappa shape index (κ2) is 12.4. The average molecular weight is 471 g/mol. The van der Waals surface area contributed by atoms with Crippen LogP contribution in [0.1, 0.15) is 72.6 Å². The van der Waals surface area contributed by atoms with Gasteiger partial charge in [-0.15, -0.1) is 0 Å². The zero-order chi connectivity index (χ0) is 23.8. The van der Waals surface area contributed by atoms with Crippen LogP contribution < -0.4 is 21.1 Å².